The fourth-order valence-electron chi connectivity index (χ4n) is 3.08. The lowest BCUT2D eigenvalue weighted by Crippen LogP contribution is -1.77. The Morgan fingerprint density at radius 2 is 0.955 bits per heavy atom. The molecule has 3 aromatic carbocycles. The highest BCUT2D eigenvalue weighted by Gasteiger charge is 2.09. The predicted molar refractivity (Wildman–Crippen MR) is 108 cm³/mol. The van der Waals surface area contributed by atoms with Crippen LogP contribution >= 0.6 is 54.5 Å². The van der Waals surface area contributed by atoms with E-state index in [-0.39, 0.29) is 0 Å². The van der Waals surface area contributed by atoms with Gasteiger partial charge in [0.15, 0.2) is 0 Å². The maximum absolute atomic E-state index is 3.61. The van der Waals surface area contributed by atoms with Gasteiger partial charge in [0.25, 0.3) is 0 Å². The van der Waals surface area contributed by atoms with Crippen LogP contribution in [0.5, 0.6) is 0 Å². The van der Waals surface area contributed by atoms with Gasteiger partial charge in [-0.3, -0.25) is 0 Å². The van der Waals surface area contributed by atoms with Crippen LogP contribution in [0.1, 0.15) is 0 Å². The molecule has 106 valence electrons. The number of hydrogen-bond acceptors (Lipinski definition) is 2. The smallest absolute Gasteiger partial charge is 0.0711 e. The van der Waals surface area contributed by atoms with Gasteiger partial charge in [0.2, 0.25) is 0 Å². The predicted octanol–water partition coefficient (Wildman–Crippen LogP) is 7.95. The molecule has 0 atom stereocenters. The zero-order valence-electron chi connectivity index (χ0n) is 11.2. The molecular weight excluding hydrogens is 440 g/mol. The van der Waals surface area contributed by atoms with Gasteiger partial charge in [-0.05, 0) is 77.7 Å². The average molecular weight is 448 g/mol. The van der Waals surface area contributed by atoms with Crippen LogP contribution in [0.3, 0.4) is 0 Å². The van der Waals surface area contributed by atoms with Crippen molar-refractivity contribution in [3.63, 3.8) is 0 Å². The van der Waals surface area contributed by atoms with E-state index < -0.39 is 0 Å². The maximum atomic E-state index is 3.61. The number of thiophene rings is 2. The Hall–Kier alpha value is -0.940. The van der Waals surface area contributed by atoms with Crippen LogP contribution in [-0.4, -0.2) is 0 Å². The standard InChI is InChI=1S/C18H8Br2S2/c19-15-7-11-3-1-9-5-14-10(6-13(9)17(11)21-15)2-4-12-8-16(20)22-18(12)14/h1-8H. The topological polar surface area (TPSA) is 0 Å². The Balaban J connectivity index is 2.00. The van der Waals surface area contributed by atoms with Gasteiger partial charge < -0.3 is 0 Å². The van der Waals surface area contributed by atoms with Crippen molar-refractivity contribution in [1.82, 2.24) is 0 Å². The van der Waals surface area contributed by atoms with Gasteiger partial charge in [-0.2, -0.15) is 0 Å². The van der Waals surface area contributed by atoms with E-state index in [0.717, 1.165) is 0 Å². The second-order valence-electron chi connectivity index (χ2n) is 5.36. The van der Waals surface area contributed by atoms with Crippen LogP contribution in [0.25, 0.3) is 41.7 Å². The van der Waals surface area contributed by atoms with Crippen molar-refractivity contribution in [2.24, 2.45) is 0 Å². The van der Waals surface area contributed by atoms with Crippen molar-refractivity contribution in [2.45, 2.75) is 0 Å². The largest absolute Gasteiger partial charge is 0.128 e. The molecule has 0 aliphatic heterocycles. The van der Waals surface area contributed by atoms with Crippen LogP contribution in [0.2, 0.25) is 0 Å². The third-order valence-electron chi connectivity index (χ3n) is 4.06. The van der Waals surface area contributed by atoms with Crippen molar-refractivity contribution >= 4 is 96.3 Å². The molecule has 0 aliphatic rings. The zero-order chi connectivity index (χ0) is 14.8. The first-order valence-corrected chi connectivity index (χ1v) is 10.0. The fraction of sp³-hybridized carbons (Fsp3) is 0. The monoisotopic (exact) mass is 446 g/mol. The molecule has 22 heavy (non-hydrogen) atoms. The number of rotatable bonds is 0. The first-order chi connectivity index (χ1) is 10.7. The summed E-state index contributed by atoms with van der Waals surface area (Å²) in [5, 5.41) is 7.93. The van der Waals surface area contributed by atoms with Gasteiger partial charge in [-0.25, -0.2) is 0 Å². The van der Waals surface area contributed by atoms with E-state index in [1.807, 2.05) is 22.7 Å². The summed E-state index contributed by atoms with van der Waals surface area (Å²) < 4.78 is 5.10. The van der Waals surface area contributed by atoms with Crippen LogP contribution in [0.15, 0.2) is 56.1 Å². The lowest BCUT2D eigenvalue weighted by molar-refractivity contribution is 1.88. The molecule has 4 heteroatoms. The second kappa shape index (κ2) is 4.78. The van der Waals surface area contributed by atoms with Crippen molar-refractivity contribution < 1.29 is 0 Å². The fourth-order valence-corrected chi connectivity index (χ4v) is 6.37. The zero-order valence-corrected chi connectivity index (χ0v) is 16.0. The molecule has 2 heterocycles. The summed E-state index contributed by atoms with van der Waals surface area (Å²) in [7, 11) is 0. The van der Waals surface area contributed by atoms with E-state index in [0.29, 0.717) is 0 Å². The van der Waals surface area contributed by atoms with Gasteiger partial charge in [0.1, 0.15) is 0 Å². The Bertz CT molecular complexity index is 1100. The summed E-state index contributed by atoms with van der Waals surface area (Å²) in [6.07, 6.45) is 0. The van der Waals surface area contributed by atoms with E-state index in [4.69, 9.17) is 0 Å². The Morgan fingerprint density at radius 3 is 1.41 bits per heavy atom. The lowest BCUT2D eigenvalue weighted by Gasteiger charge is -2.05. The number of benzene rings is 3. The van der Waals surface area contributed by atoms with E-state index in [1.165, 1.54) is 49.3 Å². The molecule has 0 fully saturated rings. The molecule has 0 saturated heterocycles. The summed E-state index contributed by atoms with van der Waals surface area (Å²) >= 11 is 10.8. The minimum Gasteiger partial charge on any atom is -0.128 e. The van der Waals surface area contributed by atoms with Gasteiger partial charge in [-0.15, -0.1) is 22.7 Å². The minimum atomic E-state index is 1.19. The van der Waals surface area contributed by atoms with Crippen molar-refractivity contribution in [3.05, 3.63) is 56.1 Å². The SMILES string of the molecule is Brc1cc2ccc3cc4c(ccc5cc(Br)sc54)cc3c2s1. The van der Waals surface area contributed by atoms with Crippen molar-refractivity contribution in [3.8, 4) is 0 Å². The molecule has 2 aromatic heterocycles. The van der Waals surface area contributed by atoms with E-state index in [9.17, 15) is 0 Å². The van der Waals surface area contributed by atoms with Gasteiger partial charge >= 0.3 is 0 Å². The number of hydrogen-bond donors (Lipinski definition) is 0. The second-order valence-corrected chi connectivity index (χ2v) is 10.2. The third-order valence-corrected chi connectivity index (χ3v) is 7.43. The number of halogens is 2. The minimum absolute atomic E-state index is 1.19. The molecule has 0 saturated carbocycles. The van der Waals surface area contributed by atoms with Crippen LogP contribution in [-0.2, 0) is 0 Å². The molecular formula is C18H8Br2S2. The first kappa shape index (κ1) is 13.5. The summed E-state index contributed by atoms with van der Waals surface area (Å²) in [6, 6.07) is 18.0. The van der Waals surface area contributed by atoms with Crippen LogP contribution in [0, 0.1) is 0 Å². The summed E-state index contributed by atoms with van der Waals surface area (Å²) in [5.74, 6) is 0. The van der Waals surface area contributed by atoms with E-state index in [2.05, 4.69) is 80.4 Å². The third kappa shape index (κ3) is 1.91. The maximum Gasteiger partial charge on any atom is 0.0711 e. The molecule has 0 unspecified atom stereocenters. The molecule has 0 aliphatic carbocycles. The molecule has 0 amide bonds. The van der Waals surface area contributed by atoms with E-state index >= 15 is 0 Å². The number of fused-ring (bicyclic) bond motifs is 6. The molecule has 0 radical (unpaired) electrons. The average Bonchev–Trinajstić information content (AvgIpc) is 3.06. The van der Waals surface area contributed by atoms with Gasteiger partial charge in [-0.1, -0.05) is 24.3 Å². The Labute approximate surface area is 151 Å². The van der Waals surface area contributed by atoms with Gasteiger partial charge in [0, 0.05) is 20.2 Å². The van der Waals surface area contributed by atoms with Gasteiger partial charge in [0.05, 0.1) is 7.57 Å². The first-order valence-electron chi connectivity index (χ1n) is 6.83. The molecule has 0 spiro atoms. The molecule has 0 nitrogen and oxygen atoms in total. The molecule has 5 aromatic rings. The summed E-state index contributed by atoms with van der Waals surface area (Å²) in [4.78, 5) is 0. The van der Waals surface area contributed by atoms with Crippen LogP contribution < -0.4 is 0 Å². The Kier molecular flexibility index (Phi) is 2.93. The van der Waals surface area contributed by atoms with Crippen LogP contribution in [0.4, 0.5) is 0 Å². The highest BCUT2D eigenvalue weighted by Crippen LogP contribution is 2.40. The van der Waals surface area contributed by atoms with Crippen molar-refractivity contribution in [2.75, 3.05) is 0 Å². The Morgan fingerprint density at radius 1 is 0.545 bits per heavy atom. The normalized spacial score (nSPS) is 12.1. The quantitative estimate of drug-likeness (QED) is 0.211. The summed E-state index contributed by atoms with van der Waals surface area (Å²) in [6.45, 7) is 0. The van der Waals surface area contributed by atoms with E-state index in [1.54, 1.807) is 0 Å². The summed E-state index contributed by atoms with van der Waals surface area (Å²) in [5.41, 5.74) is 0. The molecule has 0 bridgehead atoms. The molecule has 0 N–H and O–H groups in total. The molecule has 5 rings (SSSR count). The lowest BCUT2D eigenvalue weighted by atomic mass is 10.0. The highest BCUT2D eigenvalue weighted by molar-refractivity contribution is 9.11. The van der Waals surface area contributed by atoms with Crippen molar-refractivity contribution in [1.29, 1.82) is 0 Å². The highest BCUT2D eigenvalue weighted by atomic mass is 79.9.